The smallest absolute Gasteiger partial charge is 0.466 e. The minimum atomic E-state index is -4.83. The lowest BCUT2D eigenvalue weighted by Gasteiger charge is -2.13. The number of carbonyl (C=O) groups excluding carboxylic acids is 1. The van der Waals surface area contributed by atoms with Crippen LogP contribution in [0.25, 0.3) is 0 Å². The van der Waals surface area contributed by atoms with Gasteiger partial charge in [0.2, 0.25) is 5.88 Å². The van der Waals surface area contributed by atoms with Gasteiger partial charge in [0.25, 0.3) is 0 Å². The van der Waals surface area contributed by atoms with Crippen LogP contribution in [0.5, 0.6) is 5.88 Å². The number of hydrogen-bond acceptors (Lipinski definition) is 4. The number of hydrogen-bond donors (Lipinski definition) is 0. The van der Waals surface area contributed by atoms with Crippen molar-refractivity contribution in [2.75, 3.05) is 6.61 Å². The van der Waals surface area contributed by atoms with E-state index in [4.69, 9.17) is 16.3 Å². The number of halogens is 5. The maximum Gasteiger partial charge on any atom is 0.574 e. The first-order chi connectivity index (χ1) is 9.26. The predicted octanol–water partition coefficient (Wildman–Crippen LogP) is 3.43. The van der Waals surface area contributed by atoms with E-state index < -0.39 is 18.2 Å². The minimum absolute atomic E-state index is 0.104. The van der Waals surface area contributed by atoms with E-state index >= 15 is 0 Å². The van der Waals surface area contributed by atoms with Crippen LogP contribution in [-0.2, 0) is 21.8 Å². The summed E-state index contributed by atoms with van der Waals surface area (Å²) in [5.41, 5.74) is 0.597. The first-order valence-corrected chi connectivity index (χ1v) is 7.03. The van der Waals surface area contributed by atoms with Gasteiger partial charge in [-0.3, -0.25) is 4.79 Å². The van der Waals surface area contributed by atoms with Crippen molar-refractivity contribution >= 4 is 40.2 Å². The summed E-state index contributed by atoms with van der Waals surface area (Å²) in [6.07, 6.45) is -4.93. The highest BCUT2D eigenvalue weighted by Gasteiger charge is 2.32. The van der Waals surface area contributed by atoms with Gasteiger partial charge in [-0.15, -0.1) is 24.8 Å². The lowest BCUT2D eigenvalue weighted by atomic mass is 10.1. The Hall–Kier alpha value is -0.770. The van der Waals surface area contributed by atoms with Gasteiger partial charge in [0.15, 0.2) is 0 Å². The zero-order valence-corrected chi connectivity index (χ0v) is 13.2. The molecule has 1 heterocycles. The molecule has 4 nitrogen and oxygen atoms in total. The molecular formula is C11H10ClF3INO3. The first kappa shape index (κ1) is 17.3. The molecule has 0 radical (unpaired) electrons. The summed E-state index contributed by atoms with van der Waals surface area (Å²) in [6, 6.07) is 1.10. The second-order valence-corrected chi connectivity index (χ2v) is 4.96. The van der Waals surface area contributed by atoms with E-state index in [1.807, 2.05) is 0 Å². The molecule has 0 fully saturated rings. The van der Waals surface area contributed by atoms with Crippen molar-refractivity contribution < 1.29 is 27.4 Å². The number of ether oxygens (including phenoxy) is 2. The Morgan fingerprint density at radius 1 is 1.50 bits per heavy atom. The summed E-state index contributed by atoms with van der Waals surface area (Å²) in [5, 5.41) is 0. The maximum atomic E-state index is 12.1. The Kier molecular flexibility index (Phi) is 6.31. The van der Waals surface area contributed by atoms with Crippen molar-refractivity contribution in [2.24, 2.45) is 0 Å². The van der Waals surface area contributed by atoms with E-state index in [-0.39, 0.29) is 24.6 Å². The third-order valence-electron chi connectivity index (χ3n) is 2.11. The van der Waals surface area contributed by atoms with E-state index in [0.717, 1.165) is 6.07 Å². The van der Waals surface area contributed by atoms with Gasteiger partial charge >= 0.3 is 12.3 Å². The number of alkyl halides is 4. The fourth-order valence-corrected chi connectivity index (χ4v) is 2.38. The molecule has 0 spiro atoms. The zero-order valence-electron chi connectivity index (χ0n) is 10.3. The summed E-state index contributed by atoms with van der Waals surface area (Å²) in [6.45, 7) is 1.87. The van der Waals surface area contributed by atoms with Crippen LogP contribution in [-0.4, -0.2) is 23.9 Å². The Morgan fingerprint density at radius 3 is 2.65 bits per heavy atom. The number of carbonyl (C=O) groups is 1. The van der Waals surface area contributed by atoms with E-state index in [2.05, 4.69) is 9.72 Å². The molecule has 0 atom stereocenters. The predicted molar refractivity (Wildman–Crippen MR) is 73.5 cm³/mol. The lowest BCUT2D eigenvalue weighted by Crippen LogP contribution is -2.19. The average molecular weight is 424 g/mol. The highest BCUT2D eigenvalue weighted by molar-refractivity contribution is 14.1. The third-order valence-corrected chi connectivity index (χ3v) is 3.32. The number of pyridine rings is 1. The van der Waals surface area contributed by atoms with Crippen molar-refractivity contribution in [1.82, 2.24) is 4.98 Å². The van der Waals surface area contributed by atoms with Crippen molar-refractivity contribution in [3.05, 3.63) is 20.9 Å². The molecule has 1 aromatic rings. The Bertz CT molecular complexity index is 497. The van der Waals surface area contributed by atoms with Gasteiger partial charge in [0, 0.05) is 9.64 Å². The van der Waals surface area contributed by atoms with Crippen LogP contribution in [0.2, 0.25) is 0 Å². The zero-order chi connectivity index (χ0) is 15.3. The number of esters is 1. The molecule has 0 aliphatic rings. The molecule has 9 heteroatoms. The van der Waals surface area contributed by atoms with Gasteiger partial charge < -0.3 is 9.47 Å². The monoisotopic (exact) mass is 423 g/mol. The summed E-state index contributed by atoms with van der Waals surface area (Å²) in [7, 11) is 0. The lowest BCUT2D eigenvalue weighted by molar-refractivity contribution is -0.276. The van der Waals surface area contributed by atoms with Gasteiger partial charge in [-0.1, -0.05) is 0 Å². The standard InChI is InChI=1S/C11H10ClF3INO3/c1-2-19-10(18)3-6-7(16)4-9(17-8(6)5-12)20-11(13,14)15/h4H,2-3,5H2,1H3. The fourth-order valence-electron chi connectivity index (χ4n) is 1.39. The Balaban J connectivity index is 3.05. The average Bonchev–Trinajstić information content (AvgIpc) is 2.30. The van der Waals surface area contributed by atoms with Crippen LogP contribution >= 0.6 is 34.2 Å². The maximum absolute atomic E-state index is 12.1. The van der Waals surface area contributed by atoms with Crippen molar-refractivity contribution in [3.63, 3.8) is 0 Å². The molecule has 112 valence electrons. The van der Waals surface area contributed by atoms with Crippen molar-refractivity contribution in [3.8, 4) is 5.88 Å². The summed E-state index contributed by atoms with van der Waals surface area (Å²) in [4.78, 5) is 15.1. The third kappa shape index (κ3) is 5.31. The van der Waals surface area contributed by atoms with Crippen LogP contribution in [0.15, 0.2) is 6.07 Å². The highest BCUT2D eigenvalue weighted by Crippen LogP contribution is 2.27. The van der Waals surface area contributed by atoms with Gasteiger partial charge in [0.1, 0.15) is 0 Å². The Labute approximate surface area is 131 Å². The van der Waals surface area contributed by atoms with Gasteiger partial charge in [-0.25, -0.2) is 4.98 Å². The van der Waals surface area contributed by atoms with E-state index in [0.29, 0.717) is 9.13 Å². The van der Waals surface area contributed by atoms with Crippen molar-refractivity contribution in [2.45, 2.75) is 25.6 Å². The van der Waals surface area contributed by atoms with Gasteiger partial charge in [0.05, 0.1) is 24.6 Å². The largest absolute Gasteiger partial charge is 0.574 e. The Morgan fingerprint density at radius 2 is 2.15 bits per heavy atom. The molecule has 1 rings (SSSR count). The molecule has 0 aromatic carbocycles. The SMILES string of the molecule is CCOC(=O)Cc1c(I)cc(OC(F)(F)F)nc1CCl. The summed E-state index contributed by atoms with van der Waals surface area (Å²) >= 11 is 7.45. The van der Waals surface area contributed by atoms with E-state index in [9.17, 15) is 18.0 Å². The molecule has 0 aliphatic carbocycles. The number of nitrogens with zero attached hydrogens (tertiary/aromatic N) is 1. The topological polar surface area (TPSA) is 48.4 Å². The number of rotatable bonds is 5. The van der Waals surface area contributed by atoms with Crippen LogP contribution in [0.4, 0.5) is 13.2 Å². The van der Waals surface area contributed by atoms with E-state index in [1.54, 1.807) is 29.5 Å². The van der Waals surface area contributed by atoms with E-state index in [1.165, 1.54) is 0 Å². The second kappa shape index (κ2) is 7.30. The number of aromatic nitrogens is 1. The molecule has 0 bridgehead atoms. The summed E-state index contributed by atoms with van der Waals surface area (Å²) in [5.74, 6) is -1.24. The second-order valence-electron chi connectivity index (χ2n) is 3.53. The van der Waals surface area contributed by atoms with Gasteiger partial charge in [-0.2, -0.15) is 0 Å². The van der Waals surface area contributed by atoms with Crippen LogP contribution in [0.3, 0.4) is 0 Å². The molecule has 0 aliphatic heterocycles. The molecule has 0 amide bonds. The summed E-state index contributed by atoms with van der Waals surface area (Å²) < 4.78 is 45.4. The van der Waals surface area contributed by atoms with Crippen LogP contribution in [0, 0.1) is 3.57 Å². The van der Waals surface area contributed by atoms with Crippen LogP contribution < -0.4 is 4.74 Å². The minimum Gasteiger partial charge on any atom is -0.466 e. The first-order valence-electron chi connectivity index (χ1n) is 5.42. The fraction of sp³-hybridized carbons (Fsp3) is 0.455. The van der Waals surface area contributed by atoms with Crippen molar-refractivity contribution in [1.29, 1.82) is 0 Å². The van der Waals surface area contributed by atoms with Crippen LogP contribution in [0.1, 0.15) is 18.2 Å². The molecule has 1 aromatic heterocycles. The molecule has 0 unspecified atom stereocenters. The molecule has 0 saturated heterocycles. The van der Waals surface area contributed by atoms with Gasteiger partial charge in [-0.05, 0) is 35.1 Å². The quantitative estimate of drug-likeness (QED) is 0.414. The molecule has 0 saturated carbocycles. The normalized spacial score (nSPS) is 11.3. The molecule has 20 heavy (non-hydrogen) atoms. The molecular weight excluding hydrogens is 413 g/mol. The highest BCUT2D eigenvalue weighted by atomic mass is 127. The molecule has 0 N–H and O–H groups in total.